The predicted molar refractivity (Wildman–Crippen MR) is 75.2 cm³/mol. The summed E-state index contributed by atoms with van der Waals surface area (Å²) in [5, 5.41) is 0.518. The molecule has 0 bridgehead atoms. The molecule has 3 rings (SSSR count). The number of aromatic nitrogens is 2. The SMILES string of the molecule is COCc1cccc(-c2nc(Cl)cc(C3CC3)n2)c1. The molecule has 4 heteroatoms. The average molecular weight is 275 g/mol. The normalized spacial score (nSPS) is 14.6. The van der Waals surface area contributed by atoms with Crippen LogP contribution in [-0.2, 0) is 11.3 Å². The van der Waals surface area contributed by atoms with Gasteiger partial charge in [0.2, 0.25) is 0 Å². The van der Waals surface area contributed by atoms with E-state index in [0.717, 1.165) is 16.8 Å². The molecule has 1 aliphatic carbocycles. The molecular weight excluding hydrogens is 260 g/mol. The number of hydrogen-bond donors (Lipinski definition) is 0. The molecule has 0 spiro atoms. The minimum Gasteiger partial charge on any atom is -0.380 e. The Hall–Kier alpha value is -1.45. The molecule has 1 heterocycles. The summed E-state index contributed by atoms with van der Waals surface area (Å²) in [7, 11) is 1.69. The van der Waals surface area contributed by atoms with E-state index >= 15 is 0 Å². The second-order valence-electron chi connectivity index (χ2n) is 4.85. The molecule has 3 nitrogen and oxygen atoms in total. The number of nitrogens with zero attached hydrogens (tertiary/aromatic N) is 2. The standard InChI is InChI=1S/C15H15ClN2O/c1-19-9-10-3-2-4-12(7-10)15-17-13(11-5-6-11)8-14(16)18-15/h2-4,7-8,11H,5-6,9H2,1H3. The Labute approximate surface area is 117 Å². The number of methoxy groups -OCH3 is 1. The molecule has 0 N–H and O–H groups in total. The summed E-state index contributed by atoms with van der Waals surface area (Å²) < 4.78 is 5.15. The van der Waals surface area contributed by atoms with E-state index in [1.807, 2.05) is 30.3 Å². The fourth-order valence-electron chi connectivity index (χ4n) is 2.12. The molecule has 0 atom stereocenters. The molecule has 0 radical (unpaired) electrons. The minimum absolute atomic E-state index is 0.518. The van der Waals surface area contributed by atoms with Crippen LogP contribution in [-0.4, -0.2) is 17.1 Å². The third-order valence-corrected chi connectivity index (χ3v) is 3.40. The van der Waals surface area contributed by atoms with Crippen molar-refractivity contribution in [2.45, 2.75) is 25.4 Å². The van der Waals surface area contributed by atoms with Gasteiger partial charge in [-0.2, -0.15) is 0 Å². The number of ether oxygens (including phenoxy) is 1. The van der Waals surface area contributed by atoms with Crippen LogP contribution in [0, 0.1) is 0 Å². The lowest BCUT2D eigenvalue weighted by molar-refractivity contribution is 0.185. The van der Waals surface area contributed by atoms with Crippen molar-refractivity contribution < 1.29 is 4.74 Å². The number of hydrogen-bond acceptors (Lipinski definition) is 3. The van der Waals surface area contributed by atoms with Crippen molar-refractivity contribution >= 4 is 11.6 Å². The highest BCUT2D eigenvalue weighted by Gasteiger charge is 2.26. The van der Waals surface area contributed by atoms with E-state index in [2.05, 4.69) is 9.97 Å². The van der Waals surface area contributed by atoms with E-state index in [-0.39, 0.29) is 0 Å². The fraction of sp³-hybridized carbons (Fsp3) is 0.333. The second-order valence-corrected chi connectivity index (χ2v) is 5.23. The van der Waals surface area contributed by atoms with Crippen LogP contribution in [0.25, 0.3) is 11.4 Å². The summed E-state index contributed by atoms with van der Waals surface area (Å²) in [5.74, 6) is 1.27. The zero-order valence-corrected chi connectivity index (χ0v) is 11.5. The molecule has 2 aromatic rings. The van der Waals surface area contributed by atoms with Gasteiger partial charge in [-0.05, 0) is 30.5 Å². The van der Waals surface area contributed by atoms with Crippen LogP contribution in [0.5, 0.6) is 0 Å². The van der Waals surface area contributed by atoms with Gasteiger partial charge in [0.05, 0.1) is 6.61 Å². The Morgan fingerprint density at radius 2 is 2.11 bits per heavy atom. The molecule has 1 aromatic carbocycles. The van der Waals surface area contributed by atoms with Gasteiger partial charge < -0.3 is 4.74 Å². The third kappa shape index (κ3) is 2.94. The highest BCUT2D eigenvalue weighted by Crippen LogP contribution is 2.40. The molecule has 1 aliphatic rings. The molecule has 0 aliphatic heterocycles. The molecular formula is C15H15ClN2O. The maximum atomic E-state index is 6.10. The van der Waals surface area contributed by atoms with Crippen LogP contribution in [0.3, 0.4) is 0 Å². The van der Waals surface area contributed by atoms with Gasteiger partial charge >= 0.3 is 0 Å². The van der Waals surface area contributed by atoms with Crippen LogP contribution in [0.2, 0.25) is 5.15 Å². The van der Waals surface area contributed by atoms with Crippen molar-refractivity contribution in [2.24, 2.45) is 0 Å². The summed E-state index contributed by atoms with van der Waals surface area (Å²) in [4.78, 5) is 8.96. The van der Waals surface area contributed by atoms with Gasteiger partial charge in [-0.3, -0.25) is 0 Å². The Morgan fingerprint density at radius 1 is 1.26 bits per heavy atom. The van der Waals surface area contributed by atoms with Crippen LogP contribution in [0.15, 0.2) is 30.3 Å². The minimum atomic E-state index is 0.518. The van der Waals surface area contributed by atoms with Crippen LogP contribution in [0.4, 0.5) is 0 Å². The summed E-state index contributed by atoms with van der Waals surface area (Å²) >= 11 is 6.10. The van der Waals surface area contributed by atoms with Crippen LogP contribution in [0.1, 0.15) is 30.0 Å². The van der Waals surface area contributed by atoms with Crippen LogP contribution >= 0.6 is 11.6 Å². The van der Waals surface area contributed by atoms with Gasteiger partial charge in [-0.15, -0.1) is 0 Å². The first kappa shape index (κ1) is 12.6. The molecule has 0 amide bonds. The Balaban J connectivity index is 1.98. The lowest BCUT2D eigenvalue weighted by Gasteiger charge is -2.06. The first-order valence-corrected chi connectivity index (χ1v) is 6.77. The molecule has 98 valence electrons. The average Bonchev–Trinajstić information content (AvgIpc) is 3.23. The number of benzene rings is 1. The second kappa shape index (κ2) is 5.27. The topological polar surface area (TPSA) is 35.0 Å². The van der Waals surface area contributed by atoms with Crippen LogP contribution < -0.4 is 0 Å². The molecule has 19 heavy (non-hydrogen) atoms. The lowest BCUT2D eigenvalue weighted by Crippen LogP contribution is -1.96. The van der Waals surface area contributed by atoms with Gasteiger partial charge in [0.25, 0.3) is 0 Å². The molecule has 1 aromatic heterocycles. The monoisotopic (exact) mass is 274 g/mol. The number of rotatable bonds is 4. The smallest absolute Gasteiger partial charge is 0.161 e. The van der Waals surface area contributed by atoms with Gasteiger partial charge in [0, 0.05) is 24.3 Å². The Morgan fingerprint density at radius 3 is 2.84 bits per heavy atom. The summed E-state index contributed by atoms with van der Waals surface area (Å²) in [6, 6.07) is 9.94. The van der Waals surface area contributed by atoms with Gasteiger partial charge in [-0.1, -0.05) is 29.8 Å². The Kier molecular flexibility index (Phi) is 3.49. The van der Waals surface area contributed by atoms with E-state index < -0.39 is 0 Å². The van der Waals surface area contributed by atoms with Crippen molar-refractivity contribution in [2.75, 3.05) is 7.11 Å². The first-order chi connectivity index (χ1) is 9.26. The molecule has 1 saturated carbocycles. The largest absolute Gasteiger partial charge is 0.380 e. The third-order valence-electron chi connectivity index (χ3n) is 3.21. The highest BCUT2D eigenvalue weighted by molar-refractivity contribution is 6.29. The van der Waals surface area contributed by atoms with Crippen molar-refractivity contribution in [3.05, 3.63) is 46.7 Å². The van der Waals surface area contributed by atoms with Gasteiger partial charge in [0.1, 0.15) is 5.15 Å². The Bertz CT molecular complexity index is 596. The van der Waals surface area contributed by atoms with Crippen molar-refractivity contribution in [3.63, 3.8) is 0 Å². The molecule has 0 unspecified atom stereocenters. The van der Waals surface area contributed by atoms with E-state index in [0.29, 0.717) is 23.5 Å². The van der Waals surface area contributed by atoms with E-state index in [1.165, 1.54) is 12.8 Å². The quantitative estimate of drug-likeness (QED) is 0.795. The van der Waals surface area contributed by atoms with E-state index in [1.54, 1.807) is 7.11 Å². The molecule has 1 fully saturated rings. The predicted octanol–water partition coefficient (Wildman–Crippen LogP) is 3.82. The molecule has 0 saturated heterocycles. The maximum absolute atomic E-state index is 6.10. The van der Waals surface area contributed by atoms with E-state index in [9.17, 15) is 0 Å². The van der Waals surface area contributed by atoms with Crippen molar-refractivity contribution in [3.8, 4) is 11.4 Å². The van der Waals surface area contributed by atoms with Crippen molar-refractivity contribution in [1.29, 1.82) is 0 Å². The first-order valence-electron chi connectivity index (χ1n) is 6.39. The summed E-state index contributed by atoms with van der Waals surface area (Å²) in [6.07, 6.45) is 2.41. The summed E-state index contributed by atoms with van der Waals surface area (Å²) in [6.45, 7) is 0.587. The van der Waals surface area contributed by atoms with Crippen molar-refractivity contribution in [1.82, 2.24) is 9.97 Å². The zero-order valence-electron chi connectivity index (χ0n) is 10.8. The number of halogens is 1. The van der Waals surface area contributed by atoms with Gasteiger partial charge in [0.15, 0.2) is 5.82 Å². The van der Waals surface area contributed by atoms with E-state index in [4.69, 9.17) is 16.3 Å². The zero-order chi connectivity index (χ0) is 13.2. The summed E-state index contributed by atoms with van der Waals surface area (Å²) in [5.41, 5.74) is 3.16. The fourth-order valence-corrected chi connectivity index (χ4v) is 2.31. The highest BCUT2D eigenvalue weighted by atomic mass is 35.5. The maximum Gasteiger partial charge on any atom is 0.161 e. The van der Waals surface area contributed by atoms with Gasteiger partial charge in [-0.25, -0.2) is 9.97 Å². The lowest BCUT2D eigenvalue weighted by atomic mass is 10.1.